The Morgan fingerprint density at radius 3 is 2.63 bits per heavy atom. The van der Waals surface area contributed by atoms with Gasteiger partial charge in [0.25, 0.3) is 5.56 Å². The molecule has 0 aliphatic rings. The maximum Gasteiger partial charge on any atom is 0.277 e. The van der Waals surface area contributed by atoms with E-state index in [0.717, 1.165) is 4.57 Å². The van der Waals surface area contributed by atoms with Crippen molar-refractivity contribution in [3.05, 3.63) is 79.2 Å². The van der Waals surface area contributed by atoms with Gasteiger partial charge < -0.3 is 4.74 Å². The van der Waals surface area contributed by atoms with Crippen molar-refractivity contribution < 1.29 is 16.3 Å². The highest BCUT2D eigenvalue weighted by Gasteiger charge is 2.17. The summed E-state index contributed by atoms with van der Waals surface area (Å²) in [5.41, 5.74) is -1.12. The molecule has 3 rings (SSSR count). The van der Waals surface area contributed by atoms with Crippen LogP contribution in [0, 0.1) is 18.6 Å². The molecule has 0 N–H and O–H groups in total. The van der Waals surface area contributed by atoms with Gasteiger partial charge in [0.2, 0.25) is 0 Å². The number of ether oxygens (including phenoxy) is 1. The fourth-order valence-electron chi connectivity index (χ4n) is 2.22. The van der Waals surface area contributed by atoms with Gasteiger partial charge in [-0.05, 0) is 6.92 Å². The van der Waals surface area contributed by atoms with E-state index in [1.165, 1.54) is 25.3 Å². The summed E-state index contributed by atoms with van der Waals surface area (Å²) in [4.78, 5) is 20.0. The predicted molar refractivity (Wildman–Crippen MR) is 98.1 cm³/mol. The summed E-state index contributed by atoms with van der Waals surface area (Å²) in [5, 5.41) is -0.287. The third kappa shape index (κ3) is 4.05. The Kier molecular flexibility index (Phi) is 4.89. The lowest BCUT2D eigenvalue weighted by Crippen LogP contribution is -2.22. The van der Waals surface area contributed by atoms with E-state index in [1.807, 2.05) is 0 Å². The first-order valence-corrected chi connectivity index (χ1v) is 8.39. The van der Waals surface area contributed by atoms with Gasteiger partial charge in [0, 0.05) is 30.1 Å². The third-order valence-corrected chi connectivity index (χ3v) is 4.25. The predicted octanol–water partition coefficient (Wildman–Crippen LogP) is 4.75. The fourth-order valence-corrected chi connectivity index (χ4v) is 2.74. The molecule has 0 spiro atoms. The smallest absolute Gasteiger partial charge is 0.277 e. The number of hydrogen-bond acceptors (Lipinski definition) is 4. The van der Waals surface area contributed by atoms with E-state index in [1.54, 1.807) is 0 Å². The van der Waals surface area contributed by atoms with Gasteiger partial charge in [-0.25, -0.2) is 13.8 Å². The summed E-state index contributed by atoms with van der Waals surface area (Å²) in [7, 11) is 0. The monoisotopic (exact) mass is 433 g/mol. The molecule has 140 valence electrons. The maximum atomic E-state index is 13.9. The Morgan fingerprint density at radius 2 is 1.93 bits per heavy atom. The van der Waals surface area contributed by atoms with Gasteiger partial charge in [0.1, 0.15) is 34.0 Å². The number of aryl methyl sites for hydroxylation is 1. The first-order chi connectivity index (χ1) is 13.5. The minimum absolute atomic E-state index is 0.0846. The lowest BCUT2D eigenvalue weighted by Gasteiger charge is -2.15. The quantitative estimate of drug-likeness (QED) is 0.556. The average molecular weight is 435 g/mol. The zero-order chi connectivity index (χ0) is 21.5. The van der Waals surface area contributed by atoms with E-state index in [4.69, 9.17) is 42.3 Å². The van der Waals surface area contributed by atoms with Crippen LogP contribution in [0.3, 0.4) is 0 Å². The van der Waals surface area contributed by atoms with Crippen molar-refractivity contribution in [1.82, 2.24) is 14.5 Å². The van der Waals surface area contributed by atoms with E-state index < -0.39 is 34.5 Å². The van der Waals surface area contributed by atoms with Gasteiger partial charge in [0.15, 0.2) is 5.82 Å². The Morgan fingerprint density at radius 1 is 1.19 bits per heavy atom. The van der Waals surface area contributed by atoms with Crippen molar-refractivity contribution in [2.45, 2.75) is 13.5 Å². The minimum atomic E-state index is -2.84. The maximum absolute atomic E-state index is 13.9. The molecule has 3 heterocycles. The number of halogens is 5. The van der Waals surface area contributed by atoms with Crippen LogP contribution in [-0.2, 0) is 6.56 Å². The molecule has 0 saturated heterocycles. The minimum Gasteiger partial charge on any atom is -0.485 e. The van der Waals surface area contributed by atoms with Crippen LogP contribution in [0.1, 0.15) is 14.1 Å². The van der Waals surface area contributed by atoms with E-state index in [9.17, 15) is 13.6 Å². The van der Waals surface area contributed by atoms with Crippen LogP contribution in [0.2, 0.25) is 15.2 Å². The Balaban J connectivity index is 2.09. The van der Waals surface area contributed by atoms with Crippen LogP contribution >= 0.6 is 34.8 Å². The molecule has 0 aromatic carbocycles. The first kappa shape index (κ1) is 16.9. The summed E-state index contributed by atoms with van der Waals surface area (Å²) in [6, 6.07) is 3.07. The van der Waals surface area contributed by atoms with E-state index >= 15 is 0 Å². The molecule has 10 heteroatoms. The molecule has 0 unspecified atom stereocenters. The highest BCUT2D eigenvalue weighted by atomic mass is 35.5. The molecule has 0 radical (unpaired) electrons. The summed E-state index contributed by atoms with van der Waals surface area (Å²) in [6.45, 7) is -1.33. The van der Waals surface area contributed by atoms with Gasteiger partial charge in [-0.1, -0.05) is 34.8 Å². The second-order valence-electron chi connectivity index (χ2n) is 5.25. The number of rotatable bonds is 4. The molecule has 0 bridgehead atoms. The van der Waals surface area contributed by atoms with Crippen molar-refractivity contribution in [2.24, 2.45) is 0 Å². The fraction of sp³-hybridized carbons (Fsp3) is 0.118. The summed E-state index contributed by atoms with van der Waals surface area (Å²) in [6.07, 6.45) is 1.89. The normalized spacial score (nSPS) is 12.5. The van der Waals surface area contributed by atoms with Crippen LogP contribution < -0.4 is 10.3 Å². The topological polar surface area (TPSA) is 57.0 Å². The molecule has 0 atom stereocenters. The third-order valence-electron chi connectivity index (χ3n) is 3.41. The SMILES string of the molecule is [2H]C([2H])(Oc1cc(C)n(-c2cc(Cl)ncc2Cl)c(=O)c1Cl)c1ncc(F)cc1F. The van der Waals surface area contributed by atoms with E-state index in [2.05, 4.69) is 9.97 Å². The summed E-state index contributed by atoms with van der Waals surface area (Å²) in [5.74, 6) is -2.60. The van der Waals surface area contributed by atoms with E-state index in [0.29, 0.717) is 12.3 Å². The lowest BCUT2D eigenvalue weighted by atomic mass is 10.3. The van der Waals surface area contributed by atoms with E-state index in [-0.39, 0.29) is 27.3 Å². The Labute approximate surface area is 169 Å². The number of hydrogen-bond donors (Lipinski definition) is 0. The number of aromatic nitrogens is 3. The molecule has 0 amide bonds. The Bertz CT molecular complexity index is 1180. The van der Waals surface area contributed by atoms with Crippen LogP contribution in [0.5, 0.6) is 5.75 Å². The zero-order valence-corrected chi connectivity index (χ0v) is 15.7. The molecule has 0 saturated carbocycles. The van der Waals surface area contributed by atoms with Crippen molar-refractivity contribution in [3.63, 3.8) is 0 Å². The van der Waals surface area contributed by atoms with Gasteiger partial charge in [-0.3, -0.25) is 14.3 Å². The largest absolute Gasteiger partial charge is 0.485 e. The van der Waals surface area contributed by atoms with Crippen molar-refractivity contribution >= 4 is 34.8 Å². The summed E-state index contributed by atoms with van der Waals surface area (Å²) < 4.78 is 49.1. The van der Waals surface area contributed by atoms with Gasteiger partial charge in [0.05, 0.1) is 19.6 Å². The van der Waals surface area contributed by atoms with Gasteiger partial charge in [-0.2, -0.15) is 0 Å². The average Bonchev–Trinajstić information content (AvgIpc) is 2.62. The Hall–Kier alpha value is -2.22. The molecular weight excluding hydrogens is 423 g/mol. The first-order valence-electron chi connectivity index (χ1n) is 8.25. The number of nitrogens with zero attached hydrogens (tertiary/aromatic N) is 3. The van der Waals surface area contributed by atoms with Gasteiger partial charge in [-0.15, -0.1) is 0 Å². The summed E-state index contributed by atoms with van der Waals surface area (Å²) >= 11 is 18.0. The molecule has 3 aromatic rings. The van der Waals surface area contributed by atoms with Crippen LogP contribution in [0.15, 0.2) is 35.4 Å². The highest BCUT2D eigenvalue weighted by Crippen LogP contribution is 2.27. The highest BCUT2D eigenvalue weighted by molar-refractivity contribution is 6.34. The zero-order valence-electron chi connectivity index (χ0n) is 15.4. The molecule has 0 aliphatic heterocycles. The van der Waals surface area contributed by atoms with Crippen molar-refractivity contribution in [2.75, 3.05) is 0 Å². The second kappa shape index (κ2) is 7.80. The van der Waals surface area contributed by atoms with Gasteiger partial charge >= 0.3 is 0 Å². The van der Waals surface area contributed by atoms with Crippen LogP contribution in [-0.4, -0.2) is 14.5 Å². The molecular formula is C17H10Cl3F2N3O2. The van der Waals surface area contributed by atoms with Crippen LogP contribution in [0.25, 0.3) is 5.69 Å². The molecule has 0 fully saturated rings. The standard InChI is InChI=1S/C17H10Cl3F2N3O2/c1-8-2-14(27-7-12-11(22)3-9(21)5-23-12)16(20)17(26)25(8)13-4-15(19)24-6-10(13)18/h2-6H,7H2,1H3/i7D2. The molecule has 5 nitrogen and oxygen atoms in total. The van der Waals surface area contributed by atoms with Crippen molar-refractivity contribution in [1.29, 1.82) is 0 Å². The second-order valence-corrected chi connectivity index (χ2v) is 6.42. The molecule has 27 heavy (non-hydrogen) atoms. The van der Waals surface area contributed by atoms with Crippen molar-refractivity contribution in [3.8, 4) is 11.4 Å². The number of pyridine rings is 3. The lowest BCUT2D eigenvalue weighted by molar-refractivity contribution is 0.292. The van der Waals surface area contributed by atoms with Crippen LogP contribution in [0.4, 0.5) is 8.78 Å². The molecule has 3 aromatic heterocycles. The molecule has 0 aliphatic carbocycles.